The van der Waals surface area contributed by atoms with Gasteiger partial charge in [-0.25, -0.2) is 5.43 Å². The van der Waals surface area contributed by atoms with Gasteiger partial charge < -0.3 is 10.1 Å². The first kappa shape index (κ1) is 15.9. The Morgan fingerprint density at radius 3 is 2.50 bits per heavy atom. The van der Waals surface area contributed by atoms with Gasteiger partial charge in [0.25, 0.3) is 5.91 Å². The summed E-state index contributed by atoms with van der Waals surface area (Å²) in [4.78, 5) is 11.6. The molecule has 6 heteroatoms. The van der Waals surface area contributed by atoms with Gasteiger partial charge in [0.05, 0.1) is 19.9 Å². The molecule has 0 fully saturated rings. The third-order valence-electron chi connectivity index (χ3n) is 2.82. The molecule has 0 aliphatic heterocycles. The largest absolute Gasteiger partial charge is 0.497 e. The number of nitrogens with one attached hydrogen (secondary N) is 2. The number of carbonyl (C=O) groups excluding carboxylic acids is 1. The summed E-state index contributed by atoms with van der Waals surface area (Å²) < 4.78 is 5.06. The quantitative estimate of drug-likeness (QED) is 0.636. The van der Waals surface area contributed by atoms with Crippen LogP contribution in [0.1, 0.15) is 5.56 Å². The van der Waals surface area contributed by atoms with Crippen molar-refractivity contribution in [2.24, 2.45) is 5.10 Å². The molecule has 2 aromatic carbocycles. The Balaban J connectivity index is 1.76. The molecule has 114 valence electrons. The molecule has 0 aromatic heterocycles. The zero-order valence-electron chi connectivity index (χ0n) is 12.0. The molecule has 2 N–H and O–H groups in total. The summed E-state index contributed by atoms with van der Waals surface area (Å²) in [6.07, 6.45) is 1.57. The van der Waals surface area contributed by atoms with Crippen LogP contribution in [0, 0.1) is 0 Å². The van der Waals surface area contributed by atoms with E-state index in [4.69, 9.17) is 16.3 Å². The topological polar surface area (TPSA) is 62.7 Å². The second kappa shape index (κ2) is 8.05. The number of hydrazone groups is 1. The molecule has 2 rings (SSSR count). The van der Waals surface area contributed by atoms with Crippen LogP contribution in [0.2, 0.25) is 5.02 Å². The standard InChI is InChI=1S/C16H16ClN3O2/c1-22-15-8-2-12(3-9-15)10-19-20-16(21)11-18-14-6-4-13(17)5-7-14/h2-10,18H,11H2,1H3,(H,20,21). The summed E-state index contributed by atoms with van der Waals surface area (Å²) in [7, 11) is 1.61. The van der Waals surface area contributed by atoms with Crippen LogP contribution < -0.4 is 15.5 Å². The van der Waals surface area contributed by atoms with E-state index < -0.39 is 0 Å². The summed E-state index contributed by atoms with van der Waals surface area (Å²) in [5.41, 5.74) is 4.14. The number of nitrogens with zero attached hydrogens (tertiary/aromatic N) is 1. The molecule has 0 saturated carbocycles. The van der Waals surface area contributed by atoms with Crippen molar-refractivity contribution < 1.29 is 9.53 Å². The average Bonchev–Trinajstić information content (AvgIpc) is 2.55. The molecule has 0 spiro atoms. The third-order valence-corrected chi connectivity index (χ3v) is 3.07. The normalized spacial score (nSPS) is 10.5. The number of halogens is 1. The van der Waals surface area contributed by atoms with Crippen molar-refractivity contribution in [3.8, 4) is 5.75 Å². The van der Waals surface area contributed by atoms with Crippen LogP contribution in [0.25, 0.3) is 0 Å². The predicted molar refractivity (Wildman–Crippen MR) is 88.7 cm³/mol. The third kappa shape index (κ3) is 5.10. The van der Waals surface area contributed by atoms with Crippen LogP contribution in [0.5, 0.6) is 5.75 Å². The molecule has 0 radical (unpaired) electrons. The van der Waals surface area contributed by atoms with E-state index in [1.165, 1.54) is 0 Å². The van der Waals surface area contributed by atoms with E-state index in [0.717, 1.165) is 17.0 Å². The minimum absolute atomic E-state index is 0.127. The first-order valence-corrected chi connectivity index (χ1v) is 7.00. The van der Waals surface area contributed by atoms with Gasteiger partial charge in [0.15, 0.2) is 0 Å². The van der Waals surface area contributed by atoms with Gasteiger partial charge in [-0.2, -0.15) is 5.10 Å². The molecule has 0 unspecified atom stereocenters. The molecular weight excluding hydrogens is 302 g/mol. The highest BCUT2D eigenvalue weighted by Crippen LogP contribution is 2.12. The molecule has 0 aliphatic rings. The number of hydrogen-bond acceptors (Lipinski definition) is 4. The summed E-state index contributed by atoms with van der Waals surface area (Å²) in [6.45, 7) is 0.127. The maximum absolute atomic E-state index is 11.6. The van der Waals surface area contributed by atoms with Crippen molar-refractivity contribution in [3.05, 3.63) is 59.1 Å². The van der Waals surface area contributed by atoms with E-state index in [2.05, 4.69) is 15.8 Å². The predicted octanol–water partition coefficient (Wildman–Crippen LogP) is 2.91. The lowest BCUT2D eigenvalue weighted by Crippen LogP contribution is -2.25. The highest BCUT2D eigenvalue weighted by molar-refractivity contribution is 6.30. The molecule has 0 saturated heterocycles. The van der Waals surface area contributed by atoms with Gasteiger partial charge in [0.2, 0.25) is 0 Å². The maximum atomic E-state index is 11.6. The van der Waals surface area contributed by atoms with Crippen LogP contribution >= 0.6 is 11.6 Å². The Bertz CT molecular complexity index is 639. The number of amides is 1. The minimum Gasteiger partial charge on any atom is -0.497 e. The van der Waals surface area contributed by atoms with Gasteiger partial charge >= 0.3 is 0 Å². The molecule has 2 aromatic rings. The number of rotatable bonds is 6. The number of methoxy groups -OCH3 is 1. The number of carbonyl (C=O) groups is 1. The average molecular weight is 318 g/mol. The lowest BCUT2D eigenvalue weighted by Gasteiger charge is -2.05. The minimum atomic E-state index is -0.236. The van der Waals surface area contributed by atoms with Gasteiger partial charge in [-0.3, -0.25) is 4.79 Å². The Hall–Kier alpha value is -2.53. The Labute approximate surface area is 133 Å². The highest BCUT2D eigenvalue weighted by atomic mass is 35.5. The second-order valence-corrected chi connectivity index (χ2v) is 4.86. The maximum Gasteiger partial charge on any atom is 0.259 e. The van der Waals surface area contributed by atoms with Crippen LogP contribution in [-0.2, 0) is 4.79 Å². The van der Waals surface area contributed by atoms with Gasteiger partial charge in [0, 0.05) is 10.7 Å². The summed E-state index contributed by atoms with van der Waals surface area (Å²) in [6, 6.07) is 14.5. The van der Waals surface area contributed by atoms with Crippen LogP contribution in [0.15, 0.2) is 53.6 Å². The zero-order valence-corrected chi connectivity index (χ0v) is 12.8. The van der Waals surface area contributed by atoms with E-state index in [0.29, 0.717) is 5.02 Å². The molecular formula is C16H16ClN3O2. The van der Waals surface area contributed by atoms with E-state index in [1.807, 2.05) is 24.3 Å². The smallest absolute Gasteiger partial charge is 0.259 e. The lowest BCUT2D eigenvalue weighted by molar-refractivity contribution is -0.119. The summed E-state index contributed by atoms with van der Waals surface area (Å²) >= 11 is 5.79. The van der Waals surface area contributed by atoms with Crippen molar-refractivity contribution in [1.29, 1.82) is 0 Å². The zero-order chi connectivity index (χ0) is 15.8. The summed E-state index contributed by atoms with van der Waals surface area (Å²) in [5.74, 6) is 0.535. The fraction of sp³-hybridized carbons (Fsp3) is 0.125. The van der Waals surface area contributed by atoms with E-state index in [9.17, 15) is 4.79 Å². The van der Waals surface area contributed by atoms with Gasteiger partial charge in [0.1, 0.15) is 5.75 Å². The van der Waals surface area contributed by atoms with Crippen molar-refractivity contribution in [3.63, 3.8) is 0 Å². The molecule has 0 bridgehead atoms. The molecule has 22 heavy (non-hydrogen) atoms. The molecule has 5 nitrogen and oxygen atoms in total. The lowest BCUT2D eigenvalue weighted by atomic mass is 10.2. The second-order valence-electron chi connectivity index (χ2n) is 4.43. The van der Waals surface area contributed by atoms with Crippen LogP contribution in [-0.4, -0.2) is 25.8 Å². The van der Waals surface area contributed by atoms with Crippen molar-refractivity contribution in [2.45, 2.75) is 0 Å². The van der Waals surface area contributed by atoms with Gasteiger partial charge in [-0.15, -0.1) is 0 Å². The van der Waals surface area contributed by atoms with Crippen molar-refractivity contribution in [1.82, 2.24) is 5.43 Å². The number of hydrogen-bond donors (Lipinski definition) is 2. The molecule has 1 amide bonds. The molecule has 0 heterocycles. The van der Waals surface area contributed by atoms with Crippen LogP contribution in [0.3, 0.4) is 0 Å². The Kier molecular flexibility index (Phi) is 5.80. The van der Waals surface area contributed by atoms with E-state index in [1.54, 1.807) is 37.6 Å². The monoisotopic (exact) mass is 317 g/mol. The molecule has 0 atom stereocenters. The Morgan fingerprint density at radius 2 is 1.86 bits per heavy atom. The van der Waals surface area contributed by atoms with Crippen molar-refractivity contribution in [2.75, 3.05) is 19.0 Å². The highest BCUT2D eigenvalue weighted by Gasteiger charge is 1.99. The Morgan fingerprint density at radius 1 is 1.18 bits per heavy atom. The van der Waals surface area contributed by atoms with Gasteiger partial charge in [-0.05, 0) is 54.1 Å². The SMILES string of the molecule is COc1ccc(C=NNC(=O)CNc2ccc(Cl)cc2)cc1. The fourth-order valence-corrected chi connectivity index (χ4v) is 1.78. The summed E-state index contributed by atoms with van der Waals surface area (Å²) in [5, 5.41) is 7.52. The van der Waals surface area contributed by atoms with Crippen molar-refractivity contribution >= 4 is 29.4 Å². The fourth-order valence-electron chi connectivity index (χ4n) is 1.66. The van der Waals surface area contributed by atoms with E-state index in [-0.39, 0.29) is 12.5 Å². The first-order chi connectivity index (χ1) is 10.7. The van der Waals surface area contributed by atoms with Gasteiger partial charge in [-0.1, -0.05) is 11.6 Å². The number of anilines is 1. The van der Waals surface area contributed by atoms with Crippen LogP contribution in [0.4, 0.5) is 5.69 Å². The first-order valence-electron chi connectivity index (χ1n) is 6.63. The van der Waals surface area contributed by atoms with E-state index >= 15 is 0 Å². The number of ether oxygens (including phenoxy) is 1. The number of benzene rings is 2. The molecule has 0 aliphatic carbocycles.